The molecular weight excluding hydrogens is 261 g/mol. The Balaban J connectivity index is 2.36. The Labute approximate surface area is 110 Å². The zero-order valence-corrected chi connectivity index (χ0v) is 10.9. The van der Waals surface area contributed by atoms with E-state index in [2.05, 4.69) is 5.32 Å². The minimum Gasteiger partial charge on any atom is -0.496 e. The normalized spacial score (nSPS) is 19.4. The number of halogens is 2. The van der Waals surface area contributed by atoms with Gasteiger partial charge in [0.05, 0.1) is 28.8 Å². The highest BCUT2D eigenvalue weighted by Crippen LogP contribution is 2.31. The second kappa shape index (κ2) is 5.25. The van der Waals surface area contributed by atoms with Gasteiger partial charge in [0.1, 0.15) is 5.75 Å². The fourth-order valence-electron chi connectivity index (χ4n) is 1.99. The smallest absolute Gasteiger partial charge is 0.183 e. The molecule has 92 valence electrons. The number of ether oxygens (including phenoxy) is 1. The molecule has 1 aliphatic heterocycles. The summed E-state index contributed by atoms with van der Waals surface area (Å²) >= 11 is 11.8. The molecule has 0 radical (unpaired) electrons. The van der Waals surface area contributed by atoms with E-state index in [9.17, 15) is 4.79 Å². The Kier molecular flexibility index (Phi) is 3.92. The zero-order chi connectivity index (χ0) is 12.4. The highest BCUT2D eigenvalue weighted by Gasteiger charge is 2.26. The Morgan fingerprint density at radius 2 is 2.12 bits per heavy atom. The van der Waals surface area contributed by atoms with Crippen LogP contribution in [0, 0.1) is 0 Å². The summed E-state index contributed by atoms with van der Waals surface area (Å²) in [5, 5.41) is 3.92. The topological polar surface area (TPSA) is 38.3 Å². The molecule has 1 aromatic carbocycles. The minimum absolute atomic E-state index is 0.0120. The quantitative estimate of drug-likeness (QED) is 0.861. The van der Waals surface area contributed by atoms with Crippen molar-refractivity contribution in [1.82, 2.24) is 5.32 Å². The van der Waals surface area contributed by atoms with E-state index in [1.54, 1.807) is 12.1 Å². The van der Waals surface area contributed by atoms with Gasteiger partial charge in [-0.25, -0.2) is 0 Å². The molecule has 1 saturated heterocycles. The number of carbonyl (C=O) groups excluding carboxylic acids is 1. The molecule has 0 spiro atoms. The summed E-state index contributed by atoms with van der Waals surface area (Å²) in [6, 6.07) is 3.01. The summed E-state index contributed by atoms with van der Waals surface area (Å²) in [5.41, 5.74) is 0.487. The van der Waals surface area contributed by atoms with Crippen LogP contribution < -0.4 is 10.1 Å². The molecule has 1 unspecified atom stereocenters. The average molecular weight is 274 g/mol. The number of hydrogen-bond acceptors (Lipinski definition) is 3. The van der Waals surface area contributed by atoms with Crippen molar-refractivity contribution in [1.29, 1.82) is 0 Å². The van der Waals surface area contributed by atoms with Gasteiger partial charge in [0.25, 0.3) is 0 Å². The SMILES string of the molecule is COc1cc(Cl)c(Cl)cc1C(=O)C1CCCN1. The molecule has 0 bridgehead atoms. The van der Waals surface area contributed by atoms with Crippen LogP contribution in [0.4, 0.5) is 0 Å². The van der Waals surface area contributed by atoms with E-state index >= 15 is 0 Å². The summed E-state index contributed by atoms with van der Waals surface area (Å²) in [7, 11) is 1.51. The summed E-state index contributed by atoms with van der Waals surface area (Å²) in [6.07, 6.45) is 1.86. The molecule has 0 aromatic heterocycles. The summed E-state index contributed by atoms with van der Waals surface area (Å²) < 4.78 is 5.17. The fourth-order valence-corrected chi connectivity index (χ4v) is 2.30. The lowest BCUT2D eigenvalue weighted by Crippen LogP contribution is -2.31. The standard InChI is InChI=1S/C12H13Cl2NO2/c1-17-11-6-9(14)8(13)5-7(11)12(16)10-3-2-4-15-10/h5-6,10,15H,2-4H2,1H3. The number of rotatable bonds is 3. The Hall–Kier alpha value is -0.770. The molecule has 1 fully saturated rings. The van der Waals surface area contributed by atoms with Crippen LogP contribution in [0.1, 0.15) is 23.2 Å². The molecule has 5 heteroatoms. The summed E-state index contributed by atoms with van der Waals surface area (Å²) in [6.45, 7) is 0.875. The molecule has 1 aliphatic rings. The number of benzene rings is 1. The third-order valence-corrected chi connectivity index (χ3v) is 3.61. The largest absolute Gasteiger partial charge is 0.496 e. The van der Waals surface area contributed by atoms with Crippen LogP contribution in [0.3, 0.4) is 0 Å². The van der Waals surface area contributed by atoms with Gasteiger partial charge in [-0.1, -0.05) is 23.2 Å². The molecule has 17 heavy (non-hydrogen) atoms. The lowest BCUT2D eigenvalue weighted by molar-refractivity contribution is 0.0949. The fraction of sp³-hybridized carbons (Fsp3) is 0.417. The van der Waals surface area contributed by atoms with Crippen molar-refractivity contribution in [3.8, 4) is 5.75 Å². The second-order valence-electron chi connectivity index (χ2n) is 3.98. The predicted octanol–water partition coefficient (Wildman–Crippen LogP) is 2.94. The van der Waals surface area contributed by atoms with Gasteiger partial charge >= 0.3 is 0 Å². The highest BCUT2D eigenvalue weighted by molar-refractivity contribution is 6.42. The van der Waals surface area contributed by atoms with Gasteiger partial charge in [-0.05, 0) is 25.5 Å². The first-order valence-corrected chi connectivity index (χ1v) is 6.19. The van der Waals surface area contributed by atoms with Gasteiger partial charge in [0.15, 0.2) is 5.78 Å². The van der Waals surface area contributed by atoms with Crippen LogP contribution >= 0.6 is 23.2 Å². The van der Waals surface area contributed by atoms with E-state index in [4.69, 9.17) is 27.9 Å². The van der Waals surface area contributed by atoms with Gasteiger partial charge in [-0.2, -0.15) is 0 Å². The number of hydrogen-bond donors (Lipinski definition) is 1. The Morgan fingerprint density at radius 3 is 2.71 bits per heavy atom. The number of carbonyl (C=O) groups is 1. The molecular formula is C12H13Cl2NO2. The van der Waals surface area contributed by atoms with Crippen molar-refractivity contribution in [3.05, 3.63) is 27.7 Å². The van der Waals surface area contributed by atoms with Crippen molar-refractivity contribution >= 4 is 29.0 Å². The zero-order valence-electron chi connectivity index (χ0n) is 9.43. The van der Waals surface area contributed by atoms with Crippen LogP contribution in [0.15, 0.2) is 12.1 Å². The van der Waals surface area contributed by atoms with Crippen molar-refractivity contribution in [2.75, 3.05) is 13.7 Å². The first-order valence-electron chi connectivity index (χ1n) is 5.44. The summed E-state index contributed by atoms with van der Waals surface area (Å²) in [5.74, 6) is 0.482. The van der Waals surface area contributed by atoms with Crippen molar-refractivity contribution < 1.29 is 9.53 Å². The third-order valence-electron chi connectivity index (χ3n) is 2.88. The monoisotopic (exact) mass is 273 g/mol. The van der Waals surface area contributed by atoms with E-state index in [1.807, 2.05) is 0 Å². The molecule has 3 nitrogen and oxygen atoms in total. The molecule has 0 saturated carbocycles. The lowest BCUT2D eigenvalue weighted by atomic mass is 10.0. The Morgan fingerprint density at radius 1 is 1.41 bits per heavy atom. The maximum absolute atomic E-state index is 12.2. The number of methoxy groups -OCH3 is 1. The van der Waals surface area contributed by atoms with Gasteiger partial charge in [-0.3, -0.25) is 4.79 Å². The van der Waals surface area contributed by atoms with E-state index in [-0.39, 0.29) is 11.8 Å². The molecule has 1 heterocycles. The molecule has 1 atom stereocenters. The third kappa shape index (κ3) is 2.57. The van der Waals surface area contributed by atoms with Crippen LogP contribution in [0.2, 0.25) is 10.0 Å². The van der Waals surface area contributed by atoms with E-state index in [1.165, 1.54) is 7.11 Å². The number of nitrogens with one attached hydrogen (secondary N) is 1. The number of ketones is 1. The number of Topliss-reactive ketones (excluding diaryl/α,β-unsaturated/α-hetero) is 1. The van der Waals surface area contributed by atoms with E-state index in [0.717, 1.165) is 19.4 Å². The van der Waals surface area contributed by atoms with Crippen LogP contribution in [-0.2, 0) is 0 Å². The van der Waals surface area contributed by atoms with Crippen molar-refractivity contribution in [2.45, 2.75) is 18.9 Å². The Bertz CT molecular complexity index is 442. The van der Waals surface area contributed by atoms with Crippen molar-refractivity contribution in [2.24, 2.45) is 0 Å². The van der Waals surface area contributed by atoms with Gasteiger partial charge in [0.2, 0.25) is 0 Å². The molecule has 1 N–H and O–H groups in total. The summed E-state index contributed by atoms with van der Waals surface area (Å²) in [4.78, 5) is 12.2. The van der Waals surface area contributed by atoms with Crippen LogP contribution in [-0.4, -0.2) is 25.5 Å². The van der Waals surface area contributed by atoms with Crippen LogP contribution in [0.5, 0.6) is 5.75 Å². The molecule has 0 aliphatic carbocycles. The molecule has 1 aromatic rings. The first-order chi connectivity index (χ1) is 8.13. The highest BCUT2D eigenvalue weighted by atomic mass is 35.5. The maximum atomic E-state index is 12.2. The van der Waals surface area contributed by atoms with Gasteiger partial charge < -0.3 is 10.1 Å². The van der Waals surface area contributed by atoms with Crippen molar-refractivity contribution in [3.63, 3.8) is 0 Å². The van der Waals surface area contributed by atoms with E-state index in [0.29, 0.717) is 21.4 Å². The van der Waals surface area contributed by atoms with Gasteiger partial charge in [0, 0.05) is 6.07 Å². The molecule has 2 rings (SSSR count). The predicted molar refractivity (Wildman–Crippen MR) is 68.4 cm³/mol. The van der Waals surface area contributed by atoms with E-state index < -0.39 is 0 Å². The lowest BCUT2D eigenvalue weighted by Gasteiger charge is -2.13. The average Bonchev–Trinajstić information content (AvgIpc) is 2.84. The maximum Gasteiger partial charge on any atom is 0.183 e. The first kappa shape index (κ1) is 12.7. The second-order valence-corrected chi connectivity index (χ2v) is 4.79. The molecule has 0 amide bonds. The minimum atomic E-state index is -0.138. The van der Waals surface area contributed by atoms with Crippen LogP contribution in [0.25, 0.3) is 0 Å². The van der Waals surface area contributed by atoms with Gasteiger partial charge in [-0.15, -0.1) is 0 Å².